The fourth-order valence-electron chi connectivity index (χ4n) is 5.25. The number of amides is 2. The summed E-state index contributed by atoms with van der Waals surface area (Å²) in [5, 5.41) is 18.5. The van der Waals surface area contributed by atoms with E-state index in [1.165, 1.54) is 0 Å². The number of methoxy groups -OCH3 is 1. The predicted molar refractivity (Wildman–Crippen MR) is 137 cm³/mol. The van der Waals surface area contributed by atoms with Gasteiger partial charge in [-0.1, -0.05) is 12.1 Å². The predicted octanol–water partition coefficient (Wildman–Crippen LogP) is 3.01. The lowest BCUT2D eigenvalue weighted by molar-refractivity contribution is -0.177. The molecule has 1 aromatic carbocycles. The molecule has 2 aromatic heterocycles. The van der Waals surface area contributed by atoms with Crippen molar-refractivity contribution in [3.63, 3.8) is 0 Å². The van der Waals surface area contributed by atoms with Crippen molar-refractivity contribution in [1.29, 1.82) is 0 Å². The minimum atomic E-state index is -0.752. The zero-order valence-corrected chi connectivity index (χ0v) is 21.0. The summed E-state index contributed by atoms with van der Waals surface area (Å²) in [6.07, 6.45) is 8.24. The Morgan fingerprint density at radius 2 is 1.97 bits per heavy atom. The normalized spacial score (nSPS) is 20.0. The number of rotatable bonds is 8. The van der Waals surface area contributed by atoms with E-state index in [9.17, 15) is 9.59 Å². The second-order valence-electron chi connectivity index (χ2n) is 9.76. The summed E-state index contributed by atoms with van der Waals surface area (Å²) in [5.74, 6) is -0.717. The molecular weight excluding hydrogens is 490 g/mol. The van der Waals surface area contributed by atoms with Gasteiger partial charge in [0.05, 0.1) is 37.9 Å². The molecule has 3 heterocycles. The zero-order chi connectivity index (χ0) is 26.3. The van der Waals surface area contributed by atoms with E-state index < -0.39 is 11.7 Å². The Morgan fingerprint density at radius 3 is 2.71 bits per heavy atom. The highest BCUT2D eigenvalue weighted by Gasteiger charge is 2.49. The molecule has 198 valence electrons. The lowest BCUT2D eigenvalue weighted by atomic mass is 10.1. The number of benzene rings is 1. The van der Waals surface area contributed by atoms with Gasteiger partial charge >= 0.3 is 0 Å². The second-order valence-corrected chi connectivity index (χ2v) is 9.76. The van der Waals surface area contributed by atoms with E-state index in [0.29, 0.717) is 30.3 Å². The molecule has 6 rings (SSSR count). The minimum Gasteiger partial charge on any atom is -0.494 e. The number of para-hydroxylation sites is 1. The summed E-state index contributed by atoms with van der Waals surface area (Å²) < 4.78 is 19.7. The van der Waals surface area contributed by atoms with Gasteiger partial charge in [-0.15, -0.1) is 10.2 Å². The molecule has 3 aliphatic rings. The van der Waals surface area contributed by atoms with Gasteiger partial charge in [0.25, 0.3) is 5.91 Å². The van der Waals surface area contributed by atoms with E-state index in [1.807, 2.05) is 29.1 Å². The molecule has 12 heteroatoms. The molecule has 1 aliphatic heterocycles. The zero-order valence-electron chi connectivity index (χ0n) is 21.0. The summed E-state index contributed by atoms with van der Waals surface area (Å²) in [6, 6.07) is 7.15. The molecule has 2 saturated carbocycles. The van der Waals surface area contributed by atoms with Crippen molar-refractivity contribution in [3.8, 4) is 16.9 Å². The van der Waals surface area contributed by atoms with Crippen LogP contribution in [-0.4, -0.2) is 57.9 Å². The van der Waals surface area contributed by atoms with Crippen molar-refractivity contribution >= 4 is 29.0 Å². The van der Waals surface area contributed by atoms with Crippen LogP contribution in [-0.2, 0) is 14.3 Å². The third-order valence-electron chi connectivity index (χ3n) is 7.23. The number of carbonyl (C=O) groups is 2. The molecule has 1 saturated heterocycles. The van der Waals surface area contributed by atoms with Crippen LogP contribution >= 0.6 is 0 Å². The standard InChI is InChI=1S/C26H29N7O5/c1-36-23-17(16-13-28-33(14-16)20-6-3-9-26(20)37-10-11-38-26)4-2-5-18(23)29-19-12-21(30-25(35)15-7-8-15)31-32-22(19)24(27)34/h2,4-5,12-15,20H,3,6-11H2,1H3,(H2,27,34)(H2,29,30,31,35)/t20-/m0/s1. The van der Waals surface area contributed by atoms with Crippen molar-refractivity contribution in [3.05, 3.63) is 42.4 Å². The molecule has 0 radical (unpaired) electrons. The molecule has 3 aromatic rings. The highest BCUT2D eigenvalue weighted by atomic mass is 16.7. The molecule has 4 N–H and O–H groups in total. The van der Waals surface area contributed by atoms with Crippen LogP contribution in [0.15, 0.2) is 36.7 Å². The quantitative estimate of drug-likeness (QED) is 0.407. The van der Waals surface area contributed by atoms with Crippen LogP contribution in [0.5, 0.6) is 5.75 Å². The van der Waals surface area contributed by atoms with E-state index >= 15 is 0 Å². The maximum atomic E-state index is 12.2. The number of hydrogen-bond acceptors (Lipinski definition) is 9. The third-order valence-corrected chi connectivity index (χ3v) is 7.23. The number of ether oxygens (including phenoxy) is 3. The number of carbonyl (C=O) groups excluding carboxylic acids is 2. The summed E-state index contributed by atoms with van der Waals surface area (Å²) in [7, 11) is 1.57. The fraction of sp³-hybridized carbons (Fsp3) is 0.423. The van der Waals surface area contributed by atoms with Gasteiger partial charge in [0.15, 0.2) is 17.3 Å². The van der Waals surface area contributed by atoms with Gasteiger partial charge in [0, 0.05) is 35.7 Å². The van der Waals surface area contributed by atoms with Gasteiger partial charge in [0.2, 0.25) is 5.91 Å². The van der Waals surface area contributed by atoms with Gasteiger partial charge in [-0.2, -0.15) is 5.10 Å². The summed E-state index contributed by atoms with van der Waals surface area (Å²) >= 11 is 0. The summed E-state index contributed by atoms with van der Waals surface area (Å²) in [5.41, 5.74) is 8.02. The van der Waals surface area contributed by atoms with Crippen molar-refractivity contribution in [1.82, 2.24) is 20.0 Å². The summed E-state index contributed by atoms with van der Waals surface area (Å²) in [4.78, 5) is 24.3. The molecular formula is C26H29N7O5. The van der Waals surface area contributed by atoms with Crippen LogP contribution in [0.25, 0.3) is 11.1 Å². The Labute approximate surface area is 218 Å². The van der Waals surface area contributed by atoms with E-state index in [2.05, 4.69) is 25.9 Å². The number of nitrogens with two attached hydrogens (primary N) is 1. The second kappa shape index (κ2) is 9.69. The fourth-order valence-corrected chi connectivity index (χ4v) is 5.25. The largest absolute Gasteiger partial charge is 0.494 e. The minimum absolute atomic E-state index is 0.00339. The first-order valence-electron chi connectivity index (χ1n) is 12.7. The molecule has 0 bridgehead atoms. The first-order valence-corrected chi connectivity index (χ1v) is 12.7. The molecule has 38 heavy (non-hydrogen) atoms. The Hall–Kier alpha value is -4.03. The van der Waals surface area contributed by atoms with Crippen molar-refractivity contribution in [2.24, 2.45) is 11.7 Å². The Morgan fingerprint density at radius 1 is 1.16 bits per heavy atom. The Kier molecular flexibility index (Phi) is 6.20. The molecule has 0 unspecified atom stereocenters. The average molecular weight is 520 g/mol. The topological polar surface area (TPSA) is 156 Å². The monoisotopic (exact) mass is 519 g/mol. The van der Waals surface area contributed by atoms with Gasteiger partial charge in [-0.05, 0) is 31.7 Å². The third kappa shape index (κ3) is 4.45. The molecule has 2 aliphatic carbocycles. The van der Waals surface area contributed by atoms with Crippen molar-refractivity contribution in [2.75, 3.05) is 31.0 Å². The molecule has 3 fully saturated rings. The van der Waals surface area contributed by atoms with Crippen LogP contribution < -0.4 is 21.1 Å². The van der Waals surface area contributed by atoms with Crippen molar-refractivity contribution < 1.29 is 23.8 Å². The molecule has 12 nitrogen and oxygen atoms in total. The van der Waals surface area contributed by atoms with Crippen LogP contribution in [0.3, 0.4) is 0 Å². The number of hydrogen-bond donors (Lipinski definition) is 3. The maximum absolute atomic E-state index is 12.2. The van der Waals surface area contributed by atoms with E-state index in [0.717, 1.165) is 43.2 Å². The lowest BCUT2D eigenvalue weighted by Gasteiger charge is -2.29. The number of nitrogens with one attached hydrogen (secondary N) is 2. The maximum Gasteiger partial charge on any atom is 0.271 e. The molecule has 1 spiro atoms. The van der Waals surface area contributed by atoms with Crippen LogP contribution in [0, 0.1) is 5.92 Å². The van der Waals surface area contributed by atoms with E-state index in [4.69, 9.17) is 19.9 Å². The SMILES string of the molecule is COc1c(Nc2cc(NC(=O)C3CC3)nnc2C(N)=O)cccc1-c1cnn([C@H]2CCCC23OCCO3)c1. The van der Waals surface area contributed by atoms with Crippen LogP contribution in [0.4, 0.5) is 17.2 Å². The highest BCUT2D eigenvalue weighted by Crippen LogP contribution is 2.46. The number of primary amides is 1. The Bertz CT molecular complexity index is 1370. The first-order chi connectivity index (χ1) is 18.5. The van der Waals surface area contributed by atoms with E-state index in [1.54, 1.807) is 19.4 Å². The number of nitrogens with zero attached hydrogens (tertiary/aromatic N) is 4. The lowest BCUT2D eigenvalue weighted by Crippen LogP contribution is -2.36. The summed E-state index contributed by atoms with van der Waals surface area (Å²) in [6.45, 7) is 1.19. The van der Waals surface area contributed by atoms with Gasteiger partial charge in [-0.3, -0.25) is 14.3 Å². The average Bonchev–Trinajstić information content (AvgIpc) is 3.28. The van der Waals surface area contributed by atoms with E-state index in [-0.39, 0.29) is 29.4 Å². The van der Waals surface area contributed by atoms with Gasteiger partial charge in [-0.25, -0.2) is 0 Å². The van der Waals surface area contributed by atoms with Gasteiger partial charge in [0.1, 0.15) is 11.8 Å². The Balaban J connectivity index is 1.30. The highest BCUT2D eigenvalue weighted by molar-refractivity contribution is 5.99. The number of aromatic nitrogens is 4. The molecule has 2 amide bonds. The van der Waals surface area contributed by atoms with Crippen LogP contribution in [0.1, 0.15) is 48.6 Å². The number of anilines is 3. The molecule has 1 atom stereocenters. The van der Waals surface area contributed by atoms with Gasteiger partial charge < -0.3 is 30.6 Å². The van der Waals surface area contributed by atoms with Crippen molar-refractivity contribution in [2.45, 2.75) is 43.9 Å². The first kappa shape index (κ1) is 24.3. The van der Waals surface area contributed by atoms with Crippen LogP contribution in [0.2, 0.25) is 0 Å². The smallest absolute Gasteiger partial charge is 0.271 e.